The standard InChI is InChI=1S/C11H14N4OS/c1-8-13-14-11(15(8)12)17-7-9-4-3-5-10(6-9)16-2/h3-6H,7,12H2,1-2H3. The first-order valence-corrected chi connectivity index (χ1v) is 6.12. The van der Waals surface area contributed by atoms with Crippen LogP contribution in [-0.4, -0.2) is 22.0 Å². The van der Waals surface area contributed by atoms with Crippen LogP contribution in [0.25, 0.3) is 0 Å². The topological polar surface area (TPSA) is 66.0 Å². The molecule has 0 aliphatic heterocycles. The second-order valence-corrected chi connectivity index (χ2v) is 4.48. The van der Waals surface area contributed by atoms with Crippen molar-refractivity contribution in [2.24, 2.45) is 0 Å². The lowest BCUT2D eigenvalue weighted by Crippen LogP contribution is -2.11. The minimum Gasteiger partial charge on any atom is -0.497 e. The van der Waals surface area contributed by atoms with E-state index in [9.17, 15) is 0 Å². The van der Waals surface area contributed by atoms with Crippen LogP contribution >= 0.6 is 11.8 Å². The van der Waals surface area contributed by atoms with Crippen molar-refractivity contribution in [2.45, 2.75) is 17.8 Å². The molecule has 0 aliphatic rings. The average Bonchev–Trinajstić information content (AvgIpc) is 2.68. The molecule has 0 radical (unpaired) electrons. The highest BCUT2D eigenvalue weighted by Gasteiger charge is 2.06. The van der Waals surface area contributed by atoms with E-state index in [1.54, 1.807) is 18.9 Å². The van der Waals surface area contributed by atoms with Crippen LogP contribution in [0, 0.1) is 6.92 Å². The molecule has 0 saturated carbocycles. The van der Waals surface area contributed by atoms with Crippen molar-refractivity contribution in [1.82, 2.24) is 14.9 Å². The third kappa shape index (κ3) is 2.71. The zero-order valence-corrected chi connectivity index (χ0v) is 10.6. The first-order valence-electron chi connectivity index (χ1n) is 5.13. The second-order valence-electron chi connectivity index (χ2n) is 3.54. The molecule has 0 bridgehead atoms. The van der Waals surface area contributed by atoms with Crippen LogP contribution in [-0.2, 0) is 5.75 Å². The van der Waals surface area contributed by atoms with Crippen molar-refractivity contribution in [1.29, 1.82) is 0 Å². The molecule has 2 rings (SSSR count). The van der Waals surface area contributed by atoms with E-state index in [0.29, 0.717) is 11.0 Å². The summed E-state index contributed by atoms with van der Waals surface area (Å²) >= 11 is 1.55. The van der Waals surface area contributed by atoms with E-state index in [2.05, 4.69) is 10.2 Å². The number of benzene rings is 1. The molecule has 2 aromatic rings. The van der Waals surface area contributed by atoms with Gasteiger partial charge in [-0.2, -0.15) is 0 Å². The van der Waals surface area contributed by atoms with Crippen molar-refractivity contribution < 1.29 is 4.74 Å². The number of nitrogens with two attached hydrogens (primary N) is 1. The molecule has 1 heterocycles. The Morgan fingerprint density at radius 3 is 2.88 bits per heavy atom. The van der Waals surface area contributed by atoms with Crippen LogP contribution < -0.4 is 10.6 Å². The number of hydrogen-bond acceptors (Lipinski definition) is 5. The lowest BCUT2D eigenvalue weighted by molar-refractivity contribution is 0.414. The lowest BCUT2D eigenvalue weighted by atomic mass is 10.2. The summed E-state index contributed by atoms with van der Waals surface area (Å²) < 4.78 is 6.66. The van der Waals surface area contributed by atoms with Gasteiger partial charge in [0.25, 0.3) is 0 Å². The van der Waals surface area contributed by atoms with Gasteiger partial charge in [-0.05, 0) is 24.6 Å². The summed E-state index contributed by atoms with van der Waals surface area (Å²) in [6.45, 7) is 1.82. The maximum absolute atomic E-state index is 5.77. The zero-order chi connectivity index (χ0) is 12.3. The lowest BCUT2D eigenvalue weighted by Gasteiger charge is -2.04. The molecule has 6 heteroatoms. The number of aryl methyl sites for hydroxylation is 1. The summed E-state index contributed by atoms with van der Waals surface area (Å²) in [5.41, 5.74) is 1.16. The summed E-state index contributed by atoms with van der Waals surface area (Å²) in [5, 5.41) is 8.61. The number of nitrogens with zero attached hydrogens (tertiary/aromatic N) is 3. The van der Waals surface area contributed by atoms with Crippen molar-refractivity contribution in [3.63, 3.8) is 0 Å². The van der Waals surface area contributed by atoms with E-state index < -0.39 is 0 Å². The highest BCUT2D eigenvalue weighted by Crippen LogP contribution is 2.22. The Bertz CT molecular complexity index is 512. The van der Waals surface area contributed by atoms with Crippen LogP contribution in [0.2, 0.25) is 0 Å². The molecule has 1 aromatic carbocycles. The van der Waals surface area contributed by atoms with Crippen molar-refractivity contribution in [2.75, 3.05) is 13.0 Å². The second kappa shape index (κ2) is 5.09. The Morgan fingerprint density at radius 2 is 2.24 bits per heavy atom. The molecule has 0 saturated heterocycles. The van der Waals surface area contributed by atoms with Crippen LogP contribution in [0.4, 0.5) is 0 Å². The number of ether oxygens (including phenoxy) is 1. The molecular formula is C11H14N4OS. The molecule has 5 nitrogen and oxygen atoms in total. The molecule has 17 heavy (non-hydrogen) atoms. The highest BCUT2D eigenvalue weighted by molar-refractivity contribution is 7.98. The summed E-state index contributed by atoms with van der Waals surface area (Å²) in [5.74, 6) is 8.11. The molecule has 0 unspecified atom stereocenters. The molecular weight excluding hydrogens is 236 g/mol. The quantitative estimate of drug-likeness (QED) is 0.659. The Morgan fingerprint density at radius 1 is 1.41 bits per heavy atom. The maximum atomic E-state index is 5.77. The molecule has 90 valence electrons. The van der Waals surface area contributed by atoms with E-state index in [4.69, 9.17) is 10.6 Å². The van der Waals surface area contributed by atoms with Gasteiger partial charge in [-0.15, -0.1) is 10.2 Å². The number of aromatic nitrogens is 3. The molecule has 0 aliphatic carbocycles. The Balaban J connectivity index is 2.04. The molecule has 0 fully saturated rings. The molecule has 2 N–H and O–H groups in total. The Kier molecular flexibility index (Phi) is 3.53. The van der Waals surface area contributed by atoms with Crippen molar-refractivity contribution >= 4 is 11.8 Å². The van der Waals surface area contributed by atoms with Crippen molar-refractivity contribution in [3.05, 3.63) is 35.7 Å². The van der Waals surface area contributed by atoms with Gasteiger partial charge in [-0.1, -0.05) is 23.9 Å². The van der Waals surface area contributed by atoms with Gasteiger partial charge in [0, 0.05) is 5.75 Å². The van der Waals surface area contributed by atoms with E-state index in [1.165, 1.54) is 4.68 Å². The van der Waals surface area contributed by atoms with Crippen LogP contribution in [0.15, 0.2) is 29.4 Å². The van der Waals surface area contributed by atoms with Gasteiger partial charge < -0.3 is 10.6 Å². The summed E-state index contributed by atoms with van der Waals surface area (Å²) in [7, 11) is 1.66. The van der Waals surface area contributed by atoms with Gasteiger partial charge in [0.15, 0.2) is 0 Å². The largest absolute Gasteiger partial charge is 0.497 e. The number of thioether (sulfide) groups is 1. The fraction of sp³-hybridized carbons (Fsp3) is 0.273. The molecule has 1 aromatic heterocycles. The third-order valence-corrected chi connectivity index (χ3v) is 3.35. The predicted octanol–water partition coefficient (Wildman–Crippen LogP) is 1.60. The number of nitrogen functional groups attached to an aromatic ring is 1. The van der Waals surface area contributed by atoms with Gasteiger partial charge in [-0.3, -0.25) is 0 Å². The van der Waals surface area contributed by atoms with Crippen LogP contribution in [0.5, 0.6) is 5.75 Å². The van der Waals surface area contributed by atoms with E-state index in [0.717, 1.165) is 17.1 Å². The number of rotatable bonds is 4. The Hall–Kier alpha value is -1.69. The smallest absolute Gasteiger partial charge is 0.210 e. The summed E-state index contributed by atoms with van der Waals surface area (Å²) in [4.78, 5) is 0. The summed E-state index contributed by atoms with van der Waals surface area (Å²) in [6, 6.07) is 7.92. The SMILES string of the molecule is COc1cccc(CSc2nnc(C)n2N)c1. The van der Waals surface area contributed by atoms with Gasteiger partial charge in [0.2, 0.25) is 5.16 Å². The first kappa shape index (κ1) is 11.8. The fourth-order valence-corrected chi connectivity index (χ4v) is 2.20. The Labute approximate surface area is 104 Å². The average molecular weight is 250 g/mol. The minimum atomic E-state index is 0.707. The van der Waals surface area contributed by atoms with Gasteiger partial charge in [0.1, 0.15) is 11.6 Å². The van der Waals surface area contributed by atoms with E-state index in [1.807, 2.05) is 31.2 Å². The third-order valence-electron chi connectivity index (χ3n) is 2.34. The highest BCUT2D eigenvalue weighted by atomic mass is 32.2. The number of methoxy groups -OCH3 is 1. The fourth-order valence-electron chi connectivity index (χ4n) is 1.36. The van der Waals surface area contributed by atoms with Gasteiger partial charge >= 0.3 is 0 Å². The molecule has 0 atom stereocenters. The van der Waals surface area contributed by atoms with Gasteiger partial charge in [-0.25, -0.2) is 4.68 Å². The normalized spacial score (nSPS) is 10.5. The zero-order valence-electron chi connectivity index (χ0n) is 9.75. The summed E-state index contributed by atoms with van der Waals surface area (Å²) in [6.07, 6.45) is 0. The molecule has 0 spiro atoms. The van der Waals surface area contributed by atoms with E-state index >= 15 is 0 Å². The monoisotopic (exact) mass is 250 g/mol. The van der Waals surface area contributed by atoms with Gasteiger partial charge in [0.05, 0.1) is 7.11 Å². The minimum absolute atomic E-state index is 0.707. The van der Waals surface area contributed by atoms with Crippen molar-refractivity contribution in [3.8, 4) is 5.75 Å². The van der Waals surface area contributed by atoms with E-state index in [-0.39, 0.29) is 0 Å². The van der Waals surface area contributed by atoms with Crippen LogP contribution in [0.1, 0.15) is 11.4 Å². The molecule has 0 amide bonds. The van der Waals surface area contributed by atoms with Crippen LogP contribution in [0.3, 0.4) is 0 Å². The predicted molar refractivity (Wildman–Crippen MR) is 67.5 cm³/mol. The maximum Gasteiger partial charge on any atom is 0.210 e. The first-order chi connectivity index (χ1) is 8.20. The number of hydrogen-bond donors (Lipinski definition) is 1.